The van der Waals surface area contributed by atoms with Crippen LogP contribution in [0.15, 0.2) is 48.5 Å². The summed E-state index contributed by atoms with van der Waals surface area (Å²) >= 11 is 0. The Kier molecular flexibility index (Phi) is 3.87. The second-order valence-corrected chi connectivity index (χ2v) is 6.50. The van der Waals surface area contributed by atoms with Gasteiger partial charge in [-0.25, -0.2) is 13.2 Å². The molecule has 4 rings (SSSR count). The van der Waals surface area contributed by atoms with Crippen molar-refractivity contribution in [1.82, 2.24) is 0 Å². The highest BCUT2D eigenvalue weighted by molar-refractivity contribution is 5.81. The Morgan fingerprint density at radius 1 is 0.880 bits per heavy atom. The lowest BCUT2D eigenvalue weighted by Crippen LogP contribution is -1.97. The van der Waals surface area contributed by atoms with Crippen LogP contribution in [0.5, 0.6) is 0 Å². The van der Waals surface area contributed by atoms with E-state index in [0.717, 1.165) is 24.0 Å². The predicted octanol–water partition coefficient (Wildman–Crippen LogP) is 6.29. The number of fused-ring (bicyclic) bond motifs is 3. The molecule has 0 amide bonds. The van der Waals surface area contributed by atoms with Crippen molar-refractivity contribution in [1.29, 1.82) is 0 Å². The predicted molar refractivity (Wildman–Crippen MR) is 94.0 cm³/mol. The molecule has 1 aliphatic rings. The molecule has 0 fully saturated rings. The van der Waals surface area contributed by atoms with Crippen LogP contribution in [0.1, 0.15) is 30.0 Å². The van der Waals surface area contributed by atoms with Crippen molar-refractivity contribution in [2.75, 3.05) is 0 Å². The van der Waals surface area contributed by atoms with Gasteiger partial charge in [0.2, 0.25) is 0 Å². The highest BCUT2D eigenvalue weighted by Gasteiger charge is 2.26. The molecule has 0 bridgehead atoms. The second-order valence-electron chi connectivity index (χ2n) is 6.50. The van der Waals surface area contributed by atoms with Gasteiger partial charge in [0.15, 0.2) is 0 Å². The van der Waals surface area contributed by atoms with Crippen LogP contribution in [0, 0.1) is 17.5 Å². The number of halogens is 3. The van der Waals surface area contributed by atoms with E-state index in [1.54, 1.807) is 0 Å². The first-order valence-corrected chi connectivity index (χ1v) is 8.47. The maximum Gasteiger partial charge on any atom is 0.138 e. The third-order valence-electron chi connectivity index (χ3n) is 4.82. The smallest absolute Gasteiger partial charge is 0.138 e. The summed E-state index contributed by atoms with van der Waals surface area (Å²) in [7, 11) is 0. The standard InChI is InChI=1S/C22H17F3/c1-2-3-13-4-9-17-15(10-13)11-19-18(17)12-20(24)21(22(19)25)14-5-7-16(23)8-6-14/h4-10,12H,2-3,11H2,1H3. The minimum absolute atomic E-state index is 0.0830. The first-order chi connectivity index (χ1) is 12.1. The molecule has 0 N–H and O–H groups in total. The van der Waals surface area contributed by atoms with E-state index in [0.29, 0.717) is 23.1 Å². The van der Waals surface area contributed by atoms with E-state index in [4.69, 9.17) is 0 Å². The average molecular weight is 338 g/mol. The Morgan fingerprint density at radius 2 is 1.64 bits per heavy atom. The summed E-state index contributed by atoms with van der Waals surface area (Å²) in [5.74, 6) is -1.59. The number of hydrogen-bond donors (Lipinski definition) is 0. The van der Waals surface area contributed by atoms with Crippen molar-refractivity contribution in [3.8, 4) is 22.3 Å². The molecule has 25 heavy (non-hydrogen) atoms. The van der Waals surface area contributed by atoms with Gasteiger partial charge >= 0.3 is 0 Å². The molecule has 0 unspecified atom stereocenters. The van der Waals surface area contributed by atoms with Crippen molar-refractivity contribution < 1.29 is 13.2 Å². The first kappa shape index (κ1) is 15.9. The third-order valence-corrected chi connectivity index (χ3v) is 4.82. The third kappa shape index (κ3) is 2.64. The van der Waals surface area contributed by atoms with Gasteiger partial charge in [0.25, 0.3) is 0 Å². The quantitative estimate of drug-likeness (QED) is 0.411. The lowest BCUT2D eigenvalue weighted by molar-refractivity contribution is 0.583. The molecule has 0 heterocycles. The fourth-order valence-corrected chi connectivity index (χ4v) is 3.64. The topological polar surface area (TPSA) is 0 Å². The van der Waals surface area contributed by atoms with Gasteiger partial charge in [-0.3, -0.25) is 0 Å². The lowest BCUT2D eigenvalue weighted by Gasteiger charge is -2.10. The maximum absolute atomic E-state index is 15.1. The van der Waals surface area contributed by atoms with Crippen molar-refractivity contribution in [2.45, 2.75) is 26.2 Å². The van der Waals surface area contributed by atoms with E-state index in [1.165, 1.54) is 35.9 Å². The summed E-state index contributed by atoms with van der Waals surface area (Å²) < 4.78 is 42.9. The Morgan fingerprint density at radius 3 is 2.36 bits per heavy atom. The van der Waals surface area contributed by atoms with Crippen LogP contribution in [-0.2, 0) is 12.8 Å². The van der Waals surface area contributed by atoms with Crippen LogP contribution in [0.2, 0.25) is 0 Å². The minimum Gasteiger partial charge on any atom is -0.207 e. The molecule has 0 spiro atoms. The molecule has 0 saturated carbocycles. The Bertz CT molecular complexity index is 956. The molecule has 0 saturated heterocycles. The first-order valence-electron chi connectivity index (χ1n) is 8.47. The number of hydrogen-bond acceptors (Lipinski definition) is 0. The number of aryl methyl sites for hydroxylation is 1. The zero-order valence-corrected chi connectivity index (χ0v) is 13.9. The van der Waals surface area contributed by atoms with Crippen LogP contribution in [0.3, 0.4) is 0 Å². The Labute approximate surface area is 144 Å². The zero-order valence-electron chi connectivity index (χ0n) is 13.9. The second kappa shape index (κ2) is 6.07. The van der Waals surface area contributed by atoms with Crippen LogP contribution in [0.4, 0.5) is 13.2 Å². The largest absolute Gasteiger partial charge is 0.207 e. The van der Waals surface area contributed by atoms with Crippen molar-refractivity contribution in [2.24, 2.45) is 0 Å². The summed E-state index contributed by atoms with van der Waals surface area (Å²) in [6.45, 7) is 2.12. The lowest BCUT2D eigenvalue weighted by atomic mass is 9.97. The SMILES string of the molecule is CCCc1ccc2c(c1)Cc1c-2cc(F)c(-c2ccc(F)cc2)c1F. The van der Waals surface area contributed by atoms with E-state index in [2.05, 4.69) is 13.0 Å². The van der Waals surface area contributed by atoms with E-state index >= 15 is 4.39 Å². The average Bonchev–Trinajstić information content (AvgIpc) is 2.95. The summed E-state index contributed by atoms with van der Waals surface area (Å²) in [4.78, 5) is 0. The van der Waals surface area contributed by atoms with Crippen LogP contribution in [0.25, 0.3) is 22.3 Å². The minimum atomic E-state index is -0.617. The normalized spacial score (nSPS) is 12.2. The van der Waals surface area contributed by atoms with Gasteiger partial charge in [-0.05, 0) is 52.4 Å². The highest BCUT2D eigenvalue weighted by Crippen LogP contribution is 2.42. The zero-order chi connectivity index (χ0) is 17.6. The fourth-order valence-electron chi connectivity index (χ4n) is 3.64. The van der Waals surface area contributed by atoms with E-state index in [1.807, 2.05) is 12.1 Å². The molecule has 0 nitrogen and oxygen atoms in total. The Hall–Kier alpha value is -2.55. The van der Waals surface area contributed by atoms with Gasteiger partial charge in [-0.1, -0.05) is 43.7 Å². The molecule has 0 aromatic heterocycles. The summed E-state index contributed by atoms with van der Waals surface area (Å²) in [6.07, 6.45) is 2.48. The monoisotopic (exact) mass is 338 g/mol. The molecule has 126 valence electrons. The molecule has 0 aliphatic heterocycles. The number of benzene rings is 3. The van der Waals surface area contributed by atoms with Gasteiger partial charge in [-0.15, -0.1) is 0 Å². The summed E-state index contributed by atoms with van der Waals surface area (Å²) in [6, 6.07) is 12.7. The molecular formula is C22H17F3. The van der Waals surface area contributed by atoms with Crippen molar-refractivity contribution in [3.05, 3.63) is 82.7 Å². The molecule has 1 aliphatic carbocycles. The van der Waals surface area contributed by atoms with Gasteiger partial charge in [0.05, 0.1) is 5.56 Å². The fraction of sp³-hybridized carbons (Fsp3) is 0.182. The van der Waals surface area contributed by atoms with Gasteiger partial charge in [-0.2, -0.15) is 0 Å². The van der Waals surface area contributed by atoms with E-state index in [-0.39, 0.29) is 5.56 Å². The van der Waals surface area contributed by atoms with Gasteiger partial charge in [0, 0.05) is 12.0 Å². The molecule has 0 radical (unpaired) electrons. The molecular weight excluding hydrogens is 321 g/mol. The summed E-state index contributed by atoms with van der Waals surface area (Å²) in [5.41, 5.74) is 4.56. The van der Waals surface area contributed by atoms with Crippen molar-refractivity contribution >= 4 is 0 Å². The van der Waals surface area contributed by atoms with E-state index < -0.39 is 17.5 Å². The van der Waals surface area contributed by atoms with Gasteiger partial charge < -0.3 is 0 Å². The van der Waals surface area contributed by atoms with Gasteiger partial charge in [0.1, 0.15) is 17.5 Å². The summed E-state index contributed by atoms with van der Waals surface area (Å²) in [5, 5.41) is 0. The van der Waals surface area contributed by atoms with Crippen LogP contribution in [-0.4, -0.2) is 0 Å². The van der Waals surface area contributed by atoms with Crippen LogP contribution >= 0.6 is 0 Å². The molecule has 3 aromatic carbocycles. The molecule has 3 heteroatoms. The number of rotatable bonds is 3. The van der Waals surface area contributed by atoms with E-state index in [9.17, 15) is 8.78 Å². The maximum atomic E-state index is 15.1. The molecule has 0 atom stereocenters. The van der Waals surface area contributed by atoms with Crippen LogP contribution < -0.4 is 0 Å². The highest BCUT2D eigenvalue weighted by atomic mass is 19.1. The Balaban J connectivity index is 1.84. The molecule has 3 aromatic rings. The van der Waals surface area contributed by atoms with Crippen molar-refractivity contribution in [3.63, 3.8) is 0 Å².